The van der Waals surface area contributed by atoms with E-state index in [4.69, 9.17) is 9.26 Å². The average Bonchev–Trinajstić information content (AvgIpc) is 3.40. The highest BCUT2D eigenvalue weighted by atomic mass is 19.1. The van der Waals surface area contributed by atoms with E-state index in [0.29, 0.717) is 22.7 Å². The van der Waals surface area contributed by atoms with Crippen LogP contribution >= 0.6 is 0 Å². The van der Waals surface area contributed by atoms with Gasteiger partial charge in [-0.3, -0.25) is 9.48 Å². The molecule has 0 saturated carbocycles. The molecule has 1 amide bonds. The number of ether oxygens (including phenoxy) is 1. The van der Waals surface area contributed by atoms with Gasteiger partial charge in [0.2, 0.25) is 5.76 Å². The van der Waals surface area contributed by atoms with Gasteiger partial charge in [-0.15, -0.1) is 0 Å². The molecule has 8 heteroatoms. The molecule has 0 saturated heterocycles. The van der Waals surface area contributed by atoms with Gasteiger partial charge in [0.05, 0.1) is 25.5 Å². The summed E-state index contributed by atoms with van der Waals surface area (Å²) in [6.45, 7) is 0.255. The largest absolute Gasteiger partial charge is 0.497 e. The molecule has 2 aromatic heterocycles. The third-order valence-corrected chi connectivity index (χ3v) is 4.28. The van der Waals surface area contributed by atoms with Crippen molar-refractivity contribution in [2.75, 3.05) is 12.4 Å². The molecule has 146 valence electrons. The van der Waals surface area contributed by atoms with Crippen LogP contribution in [0.1, 0.15) is 16.1 Å². The van der Waals surface area contributed by atoms with Crippen molar-refractivity contribution in [1.82, 2.24) is 14.9 Å². The molecule has 0 atom stereocenters. The molecule has 0 spiro atoms. The van der Waals surface area contributed by atoms with Crippen molar-refractivity contribution in [2.24, 2.45) is 0 Å². The summed E-state index contributed by atoms with van der Waals surface area (Å²) < 4.78 is 25.7. The molecule has 29 heavy (non-hydrogen) atoms. The van der Waals surface area contributed by atoms with Crippen LogP contribution in [0.5, 0.6) is 5.75 Å². The first kappa shape index (κ1) is 18.4. The SMILES string of the molecule is COc1cccc(-c2cc(C(=O)Nc3cnn(Cc4ccccc4F)c3)on2)c1. The molecule has 0 aliphatic heterocycles. The molecule has 7 nitrogen and oxygen atoms in total. The van der Waals surface area contributed by atoms with Crippen LogP contribution in [-0.4, -0.2) is 28.0 Å². The zero-order chi connectivity index (χ0) is 20.2. The Hall–Kier alpha value is -3.94. The van der Waals surface area contributed by atoms with Gasteiger partial charge in [0.25, 0.3) is 5.91 Å². The summed E-state index contributed by atoms with van der Waals surface area (Å²) in [5.74, 6) is -0.0270. The molecule has 0 bridgehead atoms. The van der Waals surface area contributed by atoms with Gasteiger partial charge in [0.1, 0.15) is 17.3 Å². The lowest BCUT2D eigenvalue weighted by molar-refractivity contribution is 0.0988. The maximum Gasteiger partial charge on any atom is 0.294 e. The number of benzene rings is 2. The van der Waals surface area contributed by atoms with E-state index in [1.807, 2.05) is 18.2 Å². The second kappa shape index (κ2) is 7.97. The number of carbonyl (C=O) groups is 1. The fraction of sp³-hybridized carbons (Fsp3) is 0.0952. The number of nitrogens with zero attached hydrogens (tertiary/aromatic N) is 3. The van der Waals surface area contributed by atoms with Gasteiger partial charge in [-0.05, 0) is 18.2 Å². The number of rotatable bonds is 6. The van der Waals surface area contributed by atoms with Gasteiger partial charge in [-0.1, -0.05) is 35.5 Å². The molecular weight excluding hydrogens is 375 g/mol. The maximum absolute atomic E-state index is 13.8. The Balaban J connectivity index is 1.44. The average molecular weight is 392 g/mol. The maximum atomic E-state index is 13.8. The smallest absolute Gasteiger partial charge is 0.294 e. The Labute approximate surface area is 165 Å². The summed E-state index contributed by atoms with van der Waals surface area (Å²) in [4.78, 5) is 12.4. The number of anilines is 1. The van der Waals surface area contributed by atoms with Crippen LogP contribution in [0.3, 0.4) is 0 Å². The minimum absolute atomic E-state index is 0.0599. The third-order valence-electron chi connectivity index (χ3n) is 4.28. The van der Waals surface area contributed by atoms with E-state index < -0.39 is 5.91 Å². The van der Waals surface area contributed by atoms with Crippen molar-refractivity contribution in [1.29, 1.82) is 0 Å². The topological polar surface area (TPSA) is 82.2 Å². The summed E-state index contributed by atoms with van der Waals surface area (Å²) in [5.41, 5.74) is 2.26. The molecule has 0 aliphatic carbocycles. The molecule has 0 aliphatic rings. The van der Waals surface area contributed by atoms with E-state index >= 15 is 0 Å². The Morgan fingerprint density at radius 2 is 2.07 bits per heavy atom. The van der Waals surface area contributed by atoms with Crippen molar-refractivity contribution in [3.63, 3.8) is 0 Å². The first-order chi connectivity index (χ1) is 14.1. The standard InChI is InChI=1S/C21H17FN4O3/c1-28-17-7-4-6-14(9-17)19-10-20(29-25-19)21(27)24-16-11-23-26(13-16)12-15-5-2-3-8-18(15)22/h2-11,13H,12H2,1H3,(H,24,27). The van der Waals surface area contributed by atoms with Crippen LogP contribution in [0.4, 0.5) is 10.1 Å². The number of halogens is 1. The van der Waals surface area contributed by atoms with E-state index in [1.54, 1.807) is 43.6 Å². The molecule has 4 rings (SSSR count). The first-order valence-corrected chi connectivity index (χ1v) is 8.81. The van der Waals surface area contributed by atoms with Gasteiger partial charge in [0, 0.05) is 23.4 Å². The normalized spacial score (nSPS) is 10.7. The van der Waals surface area contributed by atoms with Crippen LogP contribution in [-0.2, 0) is 6.54 Å². The molecule has 0 radical (unpaired) electrons. The van der Waals surface area contributed by atoms with Crippen LogP contribution in [0.25, 0.3) is 11.3 Å². The number of carbonyl (C=O) groups excluding carboxylic acids is 1. The fourth-order valence-corrected chi connectivity index (χ4v) is 2.81. The van der Waals surface area contributed by atoms with Crippen LogP contribution < -0.4 is 10.1 Å². The lowest BCUT2D eigenvalue weighted by Gasteiger charge is -2.03. The molecule has 4 aromatic rings. The van der Waals surface area contributed by atoms with Crippen LogP contribution in [0, 0.1) is 5.82 Å². The van der Waals surface area contributed by atoms with Crippen molar-refractivity contribution in [3.8, 4) is 17.0 Å². The summed E-state index contributed by atoms with van der Waals surface area (Å²) >= 11 is 0. The van der Waals surface area contributed by atoms with Crippen LogP contribution in [0.2, 0.25) is 0 Å². The van der Waals surface area contributed by atoms with Crippen LogP contribution in [0.15, 0.2) is 71.5 Å². The fourth-order valence-electron chi connectivity index (χ4n) is 2.81. The second-order valence-electron chi connectivity index (χ2n) is 6.28. The highest BCUT2D eigenvalue weighted by Crippen LogP contribution is 2.24. The van der Waals surface area contributed by atoms with E-state index in [-0.39, 0.29) is 18.1 Å². The summed E-state index contributed by atoms with van der Waals surface area (Å²) in [6, 6.07) is 15.3. The van der Waals surface area contributed by atoms with Crippen molar-refractivity contribution in [3.05, 3.63) is 84.1 Å². The Morgan fingerprint density at radius 1 is 1.21 bits per heavy atom. The number of hydrogen-bond donors (Lipinski definition) is 1. The number of aromatic nitrogens is 3. The van der Waals surface area contributed by atoms with E-state index in [0.717, 1.165) is 5.56 Å². The molecule has 2 aromatic carbocycles. The number of methoxy groups -OCH3 is 1. The third kappa shape index (κ3) is 4.16. The Kier molecular flexibility index (Phi) is 5.07. The predicted octanol–water partition coefficient (Wildman–Crippen LogP) is 3.99. The number of nitrogens with one attached hydrogen (secondary N) is 1. The summed E-state index contributed by atoms with van der Waals surface area (Å²) in [5, 5.41) is 10.8. The van der Waals surface area contributed by atoms with E-state index in [9.17, 15) is 9.18 Å². The Bertz CT molecular complexity index is 1150. The monoisotopic (exact) mass is 392 g/mol. The van der Waals surface area contributed by atoms with Crippen molar-refractivity contribution in [2.45, 2.75) is 6.54 Å². The van der Waals surface area contributed by atoms with E-state index in [2.05, 4.69) is 15.6 Å². The minimum atomic E-state index is -0.461. The number of amides is 1. The zero-order valence-corrected chi connectivity index (χ0v) is 15.5. The van der Waals surface area contributed by atoms with Gasteiger partial charge >= 0.3 is 0 Å². The molecule has 1 N–H and O–H groups in total. The van der Waals surface area contributed by atoms with Gasteiger partial charge in [0.15, 0.2) is 0 Å². The van der Waals surface area contributed by atoms with Gasteiger partial charge in [-0.25, -0.2) is 4.39 Å². The lowest BCUT2D eigenvalue weighted by atomic mass is 10.1. The highest BCUT2D eigenvalue weighted by Gasteiger charge is 2.15. The van der Waals surface area contributed by atoms with Crippen molar-refractivity contribution >= 4 is 11.6 Å². The summed E-state index contributed by atoms with van der Waals surface area (Å²) in [6.07, 6.45) is 3.10. The quantitative estimate of drug-likeness (QED) is 0.537. The second-order valence-corrected chi connectivity index (χ2v) is 6.28. The molecule has 0 unspecified atom stereocenters. The first-order valence-electron chi connectivity index (χ1n) is 8.81. The van der Waals surface area contributed by atoms with Gasteiger partial charge < -0.3 is 14.6 Å². The van der Waals surface area contributed by atoms with Crippen molar-refractivity contribution < 1.29 is 18.4 Å². The molecular formula is C21H17FN4O3. The highest BCUT2D eigenvalue weighted by molar-refractivity contribution is 6.02. The van der Waals surface area contributed by atoms with Gasteiger partial charge in [-0.2, -0.15) is 5.10 Å². The summed E-state index contributed by atoms with van der Waals surface area (Å²) in [7, 11) is 1.58. The molecule has 2 heterocycles. The Morgan fingerprint density at radius 3 is 2.90 bits per heavy atom. The molecule has 0 fully saturated rings. The lowest BCUT2D eigenvalue weighted by Crippen LogP contribution is -2.10. The number of hydrogen-bond acceptors (Lipinski definition) is 5. The minimum Gasteiger partial charge on any atom is -0.497 e. The predicted molar refractivity (Wildman–Crippen MR) is 104 cm³/mol. The van der Waals surface area contributed by atoms with E-state index in [1.165, 1.54) is 16.9 Å². The zero-order valence-electron chi connectivity index (χ0n) is 15.5.